The summed E-state index contributed by atoms with van der Waals surface area (Å²) in [4.78, 5) is 11.8. The van der Waals surface area contributed by atoms with Gasteiger partial charge in [-0.1, -0.05) is 12.2 Å². The summed E-state index contributed by atoms with van der Waals surface area (Å²) in [6.07, 6.45) is 11.8. The molecular formula is C13H19N3O. The molecule has 1 aromatic rings. The Kier molecular flexibility index (Phi) is 4.36. The zero-order valence-electron chi connectivity index (χ0n) is 10.0. The Labute approximate surface area is 102 Å². The number of allylic oxidation sites excluding steroid dienone is 2. The fourth-order valence-corrected chi connectivity index (χ4v) is 2.06. The monoisotopic (exact) mass is 233 g/mol. The number of hydrogen-bond acceptors (Lipinski definition) is 2. The SMILES string of the molecule is O=C(NCCCn1cccn1)C1CC=CCC1. The third-order valence-electron chi connectivity index (χ3n) is 3.06. The maximum absolute atomic E-state index is 11.8. The van der Waals surface area contributed by atoms with Crippen LogP contribution < -0.4 is 5.32 Å². The molecule has 0 saturated heterocycles. The number of nitrogens with zero attached hydrogens (tertiary/aromatic N) is 2. The highest BCUT2D eigenvalue weighted by Crippen LogP contribution is 2.17. The molecule has 17 heavy (non-hydrogen) atoms. The van der Waals surface area contributed by atoms with Gasteiger partial charge in [-0.2, -0.15) is 5.10 Å². The second-order valence-electron chi connectivity index (χ2n) is 4.40. The molecule has 4 nitrogen and oxygen atoms in total. The number of carbonyl (C=O) groups excluding carboxylic acids is 1. The van der Waals surface area contributed by atoms with Crippen molar-refractivity contribution in [2.75, 3.05) is 6.54 Å². The van der Waals surface area contributed by atoms with Crippen molar-refractivity contribution in [1.29, 1.82) is 0 Å². The van der Waals surface area contributed by atoms with Crippen molar-refractivity contribution in [3.8, 4) is 0 Å². The normalized spacial score (nSPS) is 19.2. The summed E-state index contributed by atoms with van der Waals surface area (Å²) in [7, 11) is 0. The van der Waals surface area contributed by atoms with Gasteiger partial charge in [0.2, 0.25) is 5.91 Å². The maximum Gasteiger partial charge on any atom is 0.223 e. The summed E-state index contributed by atoms with van der Waals surface area (Å²) in [5.41, 5.74) is 0. The van der Waals surface area contributed by atoms with Crippen LogP contribution >= 0.6 is 0 Å². The van der Waals surface area contributed by atoms with Crippen molar-refractivity contribution in [2.24, 2.45) is 5.92 Å². The summed E-state index contributed by atoms with van der Waals surface area (Å²) >= 11 is 0. The van der Waals surface area contributed by atoms with Crippen LogP contribution in [-0.2, 0) is 11.3 Å². The number of rotatable bonds is 5. The fourth-order valence-electron chi connectivity index (χ4n) is 2.06. The highest BCUT2D eigenvalue weighted by Gasteiger charge is 2.17. The van der Waals surface area contributed by atoms with Crippen LogP contribution in [0, 0.1) is 5.92 Å². The van der Waals surface area contributed by atoms with Gasteiger partial charge in [-0.3, -0.25) is 9.48 Å². The molecule has 0 aromatic carbocycles. The van der Waals surface area contributed by atoms with Gasteiger partial charge in [0.15, 0.2) is 0 Å². The van der Waals surface area contributed by atoms with Crippen LogP contribution in [0.15, 0.2) is 30.6 Å². The van der Waals surface area contributed by atoms with E-state index in [1.807, 2.05) is 16.9 Å². The first-order chi connectivity index (χ1) is 8.36. The Balaban J connectivity index is 1.61. The minimum atomic E-state index is 0.185. The van der Waals surface area contributed by atoms with Gasteiger partial charge >= 0.3 is 0 Å². The number of amides is 1. The highest BCUT2D eigenvalue weighted by molar-refractivity contribution is 5.78. The van der Waals surface area contributed by atoms with Crippen LogP contribution in [0.4, 0.5) is 0 Å². The molecule has 1 amide bonds. The lowest BCUT2D eigenvalue weighted by atomic mass is 9.94. The van der Waals surface area contributed by atoms with E-state index >= 15 is 0 Å². The molecule has 0 bridgehead atoms. The molecule has 1 aliphatic carbocycles. The summed E-state index contributed by atoms with van der Waals surface area (Å²) in [6, 6.07) is 1.91. The van der Waals surface area contributed by atoms with Crippen molar-refractivity contribution in [3.05, 3.63) is 30.6 Å². The molecule has 1 unspecified atom stereocenters. The molecule has 4 heteroatoms. The molecule has 0 spiro atoms. The van der Waals surface area contributed by atoms with E-state index in [0.29, 0.717) is 0 Å². The van der Waals surface area contributed by atoms with E-state index in [-0.39, 0.29) is 11.8 Å². The highest BCUT2D eigenvalue weighted by atomic mass is 16.1. The fraction of sp³-hybridized carbons (Fsp3) is 0.538. The quantitative estimate of drug-likeness (QED) is 0.622. The average molecular weight is 233 g/mol. The van der Waals surface area contributed by atoms with Gasteiger partial charge in [-0.25, -0.2) is 0 Å². The van der Waals surface area contributed by atoms with Crippen molar-refractivity contribution in [3.63, 3.8) is 0 Å². The maximum atomic E-state index is 11.8. The molecule has 0 radical (unpaired) electrons. The van der Waals surface area contributed by atoms with E-state index in [2.05, 4.69) is 22.6 Å². The minimum absolute atomic E-state index is 0.185. The van der Waals surface area contributed by atoms with Crippen molar-refractivity contribution < 1.29 is 4.79 Å². The third kappa shape index (κ3) is 3.73. The molecule has 1 aromatic heterocycles. The van der Waals surface area contributed by atoms with Gasteiger partial charge < -0.3 is 5.32 Å². The van der Waals surface area contributed by atoms with E-state index in [9.17, 15) is 4.79 Å². The predicted molar refractivity (Wildman–Crippen MR) is 66.3 cm³/mol. The number of aryl methyl sites for hydroxylation is 1. The lowest BCUT2D eigenvalue weighted by molar-refractivity contribution is -0.125. The molecule has 0 fully saturated rings. The Hall–Kier alpha value is -1.58. The summed E-state index contributed by atoms with van der Waals surface area (Å²) in [6.45, 7) is 1.59. The minimum Gasteiger partial charge on any atom is -0.356 e. The smallest absolute Gasteiger partial charge is 0.223 e. The number of nitrogens with one attached hydrogen (secondary N) is 1. The van der Waals surface area contributed by atoms with E-state index in [4.69, 9.17) is 0 Å². The van der Waals surface area contributed by atoms with Crippen LogP contribution in [-0.4, -0.2) is 22.2 Å². The van der Waals surface area contributed by atoms with Gasteiger partial charge in [0, 0.05) is 31.4 Å². The summed E-state index contributed by atoms with van der Waals surface area (Å²) in [5, 5.41) is 7.12. The zero-order chi connectivity index (χ0) is 11.9. The van der Waals surface area contributed by atoms with Gasteiger partial charge in [0.25, 0.3) is 0 Å². The molecular weight excluding hydrogens is 214 g/mol. The van der Waals surface area contributed by atoms with Crippen LogP contribution in [0.2, 0.25) is 0 Å². The standard InChI is InChI=1S/C13H19N3O/c17-13(12-6-2-1-3-7-12)14-8-4-10-16-11-5-9-15-16/h1-2,5,9,11-12H,3-4,6-8,10H2,(H,14,17). The van der Waals surface area contributed by atoms with Crippen molar-refractivity contribution >= 4 is 5.91 Å². The van der Waals surface area contributed by atoms with Crippen molar-refractivity contribution in [2.45, 2.75) is 32.2 Å². The van der Waals surface area contributed by atoms with E-state index in [1.165, 1.54) is 0 Å². The molecule has 1 N–H and O–H groups in total. The summed E-state index contributed by atoms with van der Waals surface area (Å²) in [5.74, 6) is 0.388. The molecule has 2 rings (SSSR count). The van der Waals surface area contributed by atoms with Crippen molar-refractivity contribution in [1.82, 2.24) is 15.1 Å². The molecule has 92 valence electrons. The van der Waals surface area contributed by atoms with Gasteiger partial charge in [-0.15, -0.1) is 0 Å². The molecule has 0 saturated carbocycles. The lowest BCUT2D eigenvalue weighted by Crippen LogP contribution is -2.32. The third-order valence-corrected chi connectivity index (χ3v) is 3.06. The predicted octanol–water partition coefficient (Wildman–Crippen LogP) is 1.75. The Bertz CT molecular complexity index is 370. The van der Waals surface area contributed by atoms with E-state index < -0.39 is 0 Å². The first-order valence-corrected chi connectivity index (χ1v) is 6.26. The number of carbonyl (C=O) groups is 1. The first-order valence-electron chi connectivity index (χ1n) is 6.26. The van der Waals surface area contributed by atoms with Gasteiger partial charge in [0.1, 0.15) is 0 Å². The van der Waals surface area contributed by atoms with E-state index in [0.717, 1.165) is 38.8 Å². The number of hydrogen-bond donors (Lipinski definition) is 1. The largest absolute Gasteiger partial charge is 0.356 e. The van der Waals surface area contributed by atoms with Crippen LogP contribution in [0.3, 0.4) is 0 Å². The topological polar surface area (TPSA) is 46.9 Å². The lowest BCUT2D eigenvalue weighted by Gasteiger charge is -2.17. The second kappa shape index (κ2) is 6.23. The van der Waals surface area contributed by atoms with Gasteiger partial charge in [0.05, 0.1) is 0 Å². The molecule has 1 heterocycles. The Morgan fingerprint density at radius 1 is 1.47 bits per heavy atom. The number of aromatic nitrogens is 2. The molecule has 1 atom stereocenters. The molecule has 0 aliphatic heterocycles. The van der Waals surface area contributed by atoms with E-state index in [1.54, 1.807) is 6.20 Å². The van der Waals surface area contributed by atoms with Crippen LogP contribution in [0.5, 0.6) is 0 Å². The Morgan fingerprint density at radius 3 is 3.12 bits per heavy atom. The second-order valence-corrected chi connectivity index (χ2v) is 4.40. The Morgan fingerprint density at radius 2 is 2.41 bits per heavy atom. The first kappa shape index (κ1) is 11.9. The zero-order valence-corrected chi connectivity index (χ0v) is 10.0. The van der Waals surface area contributed by atoms with Gasteiger partial charge in [-0.05, 0) is 31.7 Å². The van der Waals surface area contributed by atoms with Crippen LogP contribution in [0.1, 0.15) is 25.7 Å². The average Bonchev–Trinajstić information content (AvgIpc) is 2.88. The van der Waals surface area contributed by atoms with Crippen LogP contribution in [0.25, 0.3) is 0 Å². The molecule has 1 aliphatic rings. The summed E-state index contributed by atoms with van der Waals surface area (Å²) < 4.78 is 1.88.